The number of benzene rings is 4. The van der Waals surface area contributed by atoms with E-state index in [2.05, 4.69) is 77.7 Å². The van der Waals surface area contributed by atoms with Gasteiger partial charge in [-0.3, -0.25) is 0 Å². The highest BCUT2D eigenvalue weighted by molar-refractivity contribution is 6.06. The second-order valence-corrected chi connectivity index (χ2v) is 9.54. The van der Waals surface area contributed by atoms with Crippen LogP contribution in [0.1, 0.15) is 0 Å². The number of furan rings is 2. The molecule has 4 aromatic heterocycles. The molecule has 8 rings (SSSR count). The van der Waals surface area contributed by atoms with Gasteiger partial charge in [0, 0.05) is 16.5 Å². The lowest BCUT2D eigenvalue weighted by atomic mass is 10.0. The number of para-hydroxylation sites is 2. The van der Waals surface area contributed by atoms with Crippen molar-refractivity contribution in [3.63, 3.8) is 0 Å². The topological polar surface area (TPSA) is 55.3 Å². The van der Waals surface area contributed by atoms with Crippen molar-refractivity contribution < 1.29 is 8.83 Å². The average molecular weight is 504 g/mol. The number of hydrogen-bond acceptors (Lipinski definition) is 5. The molecule has 4 aromatic carbocycles. The van der Waals surface area contributed by atoms with Crippen molar-refractivity contribution in [2.75, 3.05) is 4.90 Å². The van der Waals surface area contributed by atoms with E-state index in [-0.39, 0.29) is 0 Å². The first kappa shape index (κ1) is 21.6. The lowest BCUT2D eigenvalue weighted by Gasteiger charge is -2.25. The molecule has 5 heteroatoms. The lowest BCUT2D eigenvalue weighted by Crippen LogP contribution is -2.10. The normalized spacial score (nSPS) is 11.6. The highest BCUT2D eigenvalue weighted by Gasteiger charge is 2.18. The van der Waals surface area contributed by atoms with Gasteiger partial charge in [-0.1, -0.05) is 78.9 Å². The van der Waals surface area contributed by atoms with E-state index in [0.29, 0.717) is 11.4 Å². The minimum atomic E-state index is 0.619. The number of fused-ring (bicyclic) bond motifs is 6. The summed E-state index contributed by atoms with van der Waals surface area (Å²) in [7, 11) is 0. The number of rotatable bonds is 4. The number of aromatic nitrogens is 2. The molecule has 0 fully saturated rings. The molecule has 0 atom stereocenters. The Morgan fingerprint density at radius 2 is 0.923 bits per heavy atom. The Balaban J connectivity index is 1.33. The van der Waals surface area contributed by atoms with Crippen LogP contribution >= 0.6 is 0 Å². The third-order valence-corrected chi connectivity index (χ3v) is 7.19. The third-order valence-electron chi connectivity index (χ3n) is 7.19. The number of nitrogens with zero attached hydrogens (tertiary/aromatic N) is 3. The molecule has 184 valence electrons. The number of hydrogen-bond donors (Lipinski definition) is 0. The maximum Gasteiger partial charge on any atom is 0.227 e. The van der Waals surface area contributed by atoms with E-state index in [0.717, 1.165) is 55.3 Å². The minimum Gasteiger partial charge on any atom is -0.438 e. The largest absolute Gasteiger partial charge is 0.438 e. The van der Waals surface area contributed by atoms with Gasteiger partial charge in [0.1, 0.15) is 11.2 Å². The summed E-state index contributed by atoms with van der Waals surface area (Å²) in [4.78, 5) is 11.6. The molecule has 0 aliphatic carbocycles. The van der Waals surface area contributed by atoms with Gasteiger partial charge in [-0.25, -0.2) is 9.97 Å². The molecule has 0 saturated heterocycles. The van der Waals surface area contributed by atoms with E-state index in [1.807, 2.05) is 54.9 Å². The van der Waals surface area contributed by atoms with E-state index in [4.69, 9.17) is 18.8 Å². The summed E-state index contributed by atoms with van der Waals surface area (Å²) in [6.07, 6.45) is 3.71. The van der Waals surface area contributed by atoms with Gasteiger partial charge < -0.3 is 13.7 Å². The summed E-state index contributed by atoms with van der Waals surface area (Å²) in [6, 6.07) is 39.3. The molecule has 0 saturated carbocycles. The fraction of sp³-hybridized carbons (Fsp3) is 0. The highest BCUT2D eigenvalue weighted by Crippen LogP contribution is 2.40. The van der Waals surface area contributed by atoms with Crippen molar-refractivity contribution in [3.8, 4) is 11.1 Å². The Labute approximate surface area is 223 Å². The van der Waals surface area contributed by atoms with Crippen molar-refractivity contribution >= 4 is 61.2 Å². The van der Waals surface area contributed by atoms with Crippen molar-refractivity contribution in [1.82, 2.24) is 9.97 Å². The van der Waals surface area contributed by atoms with Crippen LogP contribution in [0.2, 0.25) is 0 Å². The van der Waals surface area contributed by atoms with Crippen molar-refractivity contribution in [2.24, 2.45) is 0 Å². The second kappa shape index (κ2) is 8.57. The molecule has 0 spiro atoms. The quantitative estimate of drug-likeness (QED) is 0.239. The monoisotopic (exact) mass is 503 g/mol. The minimum absolute atomic E-state index is 0.619. The molecule has 0 N–H and O–H groups in total. The predicted molar refractivity (Wildman–Crippen MR) is 157 cm³/mol. The van der Waals surface area contributed by atoms with Crippen LogP contribution in [-0.2, 0) is 0 Å². The molecule has 0 aliphatic heterocycles. The van der Waals surface area contributed by atoms with Crippen LogP contribution in [0.4, 0.5) is 17.1 Å². The van der Waals surface area contributed by atoms with Crippen molar-refractivity contribution in [3.05, 3.63) is 128 Å². The van der Waals surface area contributed by atoms with Gasteiger partial charge in [-0.2, -0.15) is 0 Å². The van der Waals surface area contributed by atoms with E-state index < -0.39 is 0 Å². The Hall–Kier alpha value is -5.42. The molecule has 0 radical (unpaired) electrons. The number of pyridine rings is 2. The van der Waals surface area contributed by atoms with Crippen molar-refractivity contribution in [2.45, 2.75) is 0 Å². The summed E-state index contributed by atoms with van der Waals surface area (Å²) in [5.41, 5.74) is 8.04. The van der Waals surface area contributed by atoms with E-state index in [9.17, 15) is 0 Å². The van der Waals surface area contributed by atoms with Crippen LogP contribution in [0.5, 0.6) is 0 Å². The highest BCUT2D eigenvalue weighted by atomic mass is 16.3. The third kappa shape index (κ3) is 3.55. The van der Waals surface area contributed by atoms with Crippen LogP contribution in [0, 0.1) is 0 Å². The summed E-state index contributed by atoms with van der Waals surface area (Å²) in [5.74, 6) is 0. The molecule has 4 heterocycles. The van der Waals surface area contributed by atoms with Crippen molar-refractivity contribution in [1.29, 1.82) is 0 Å². The summed E-state index contributed by atoms with van der Waals surface area (Å²) < 4.78 is 12.0. The van der Waals surface area contributed by atoms with Crippen LogP contribution in [0.3, 0.4) is 0 Å². The predicted octanol–water partition coefficient (Wildman–Crippen LogP) is 9.41. The Bertz CT molecular complexity index is 2010. The molecule has 0 unspecified atom stereocenters. The first-order valence-corrected chi connectivity index (χ1v) is 12.8. The molecular weight excluding hydrogens is 482 g/mol. The molecule has 8 aromatic rings. The molecule has 0 aliphatic rings. The number of anilines is 3. The molecular formula is C34H21N3O2. The zero-order chi connectivity index (χ0) is 25.8. The van der Waals surface area contributed by atoms with Gasteiger partial charge >= 0.3 is 0 Å². The first-order chi connectivity index (χ1) is 19.3. The average Bonchev–Trinajstić information content (AvgIpc) is 3.56. The van der Waals surface area contributed by atoms with E-state index in [1.54, 1.807) is 0 Å². The van der Waals surface area contributed by atoms with E-state index in [1.165, 1.54) is 5.56 Å². The summed E-state index contributed by atoms with van der Waals surface area (Å²) in [6.45, 7) is 0. The van der Waals surface area contributed by atoms with Gasteiger partial charge in [0.15, 0.2) is 0 Å². The SMILES string of the molecule is c1ccc(-c2ccc(N(c3cnc4oc5ccccc5c4c3)c3cnc4oc5ccccc5c4c3)cc2)cc1. The zero-order valence-corrected chi connectivity index (χ0v) is 20.8. The van der Waals surface area contributed by atoms with Gasteiger partial charge in [0.2, 0.25) is 11.4 Å². The Morgan fingerprint density at radius 1 is 0.436 bits per heavy atom. The second-order valence-electron chi connectivity index (χ2n) is 9.54. The fourth-order valence-corrected chi connectivity index (χ4v) is 5.32. The molecule has 0 amide bonds. The van der Waals surface area contributed by atoms with Gasteiger partial charge in [-0.15, -0.1) is 0 Å². The van der Waals surface area contributed by atoms with Gasteiger partial charge in [-0.05, 0) is 47.5 Å². The van der Waals surface area contributed by atoms with Gasteiger partial charge in [0.25, 0.3) is 0 Å². The fourth-order valence-electron chi connectivity index (χ4n) is 5.32. The Morgan fingerprint density at radius 3 is 1.49 bits per heavy atom. The smallest absolute Gasteiger partial charge is 0.227 e. The van der Waals surface area contributed by atoms with Crippen LogP contribution in [-0.4, -0.2) is 9.97 Å². The molecule has 5 nitrogen and oxygen atoms in total. The van der Waals surface area contributed by atoms with Crippen LogP contribution in [0.15, 0.2) is 136 Å². The Kier molecular flexibility index (Phi) is 4.76. The maximum atomic E-state index is 6.00. The standard InChI is InChI=1S/C34H21N3O2/c1-2-8-22(9-3-1)23-14-16-24(17-15-23)37(25-18-29-27-10-4-6-12-31(27)38-33(29)35-20-25)26-19-30-28-11-5-7-13-32(28)39-34(30)36-21-26/h1-21H. The lowest BCUT2D eigenvalue weighted by molar-refractivity contribution is 0.654. The molecule has 39 heavy (non-hydrogen) atoms. The van der Waals surface area contributed by atoms with Crippen LogP contribution < -0.4 is 4.90 Å². The van der Waals surface area contributed by atoms with Crippen LogP contribution in [0.25, 0.3) is 55.3 Å². The zero-order valence-electron chi connectivity index (χ0n) is 20.8. The molecule has 0 bridgehead atoms. The van der Waals surface area contributed by atoms with Gasteiger partial charge in [0.05, 0.1) is 34.5 Å². The summed E-state index contributed by atoms with van der Waals surface area (Å²) >= 11 is 0. The maximum absolute atomic E-state index is 6.00. The first-order valence-electron chi connectivity index (χ1n) is 12.8. The summed E-state index contributed by atoms with van der Waals surface area (Å²) in [5, 5.41) is 4.01. The van der Waals surface area contributed by atoms with E-state index >= 15 is 0 Å².